The van der Waals surface area contributed by atoms with Crippen molar-refractivity contribution in [2.45, 2.75) is 0 Å². The maximum Gasteiger partial charge on any atom is 0.345 e. The lowest BCUT2D eigenvalue weighted by Gasteiger charge is -2.06. The first-order valence-corrected chi connectivity index (χ1v) is 10.4. The molecule has 4 rings (SSSR count). The molecule has 0 heterocycles. The topological polar surface area (TPSA) is 67.8 Å². The van der Waals surface area contributed by atoms with Gasteiger partial charge in [-0.15, -0.1) is 0 Å². The molecule has 0 saturated carbocycles. The highest BCUT2D eigenvalue weighted by Crippen LogP contribution is 2.23. The Morgan fingerprint density at radius 1 is 0.844 bits per heavy atom. The van der Waals surface area contributed by atoms with Crippen LogP contribution in [0, 0.1) is 0 Å². The largest absolute Gasteiger partial charge is 0.423 e. The molecule has 0 aromatic heterocycles. The predicted molar refractivity (Wildman–Crippen MR) is 127 cm³/mol. The molecule has 0 spiro atoms. The van der Waals surface area contributed by atoms with Crippen LogP contribution in [0.4, 0.5) is 0 Å². The van der Waals surface area contributed by atoms with Crippen LogP contribution in [-0.4, -0.2) is 18.1 Å². The molecular formula is C25H16Cl2N2O3. The van der Waals surface area contributed by atoms with E-state index in [9.17, 15) is 9.59 Å². The molecule has 0 radical (unpaired) electrons. The van der Waals surface area contributed by atoms with Crippen molar-refractivity contribution in [2.75, 3.05) is 0 Å². The van der Waals surface area contributed by atoms with Crippen LogP contribution < -0.4 is 10.2 Å². The molecule has 0 bridgehead atoms. The molecule has 0 fully saturated rings. The monoisotopic (exact) mass is 462 g/mol. The summed E-state index contributed by atoms with van der Waals surface area (Å²) < 4.78 is 5.34. The second kappa shape index (κ2) is 9.64. The molecule has 32 heavy (non-hydrogen) atoms. The first-order valence-electron chi connectivity index (χ1n) is 9.60. The van der Waals surface area contributed by atoms with Crippen molar-refractivity contribution < 1.29 is 14.3 Å². The summed E-state index contributed by atoms with van der Waals surface area (Å²) >= 11 is 11.9. The Labute approximate surface area is 194 Å². The van der Waals surface area contributed by atoms with Gasteiger partial charge in [0.1, 0.15) is 5.75 Å². The van der Waals surface area contributed by atoms with E-state index >= 15 is 0 Å². The normalized spacial score (nSPS) is 10.9. The summed E-state index contributed by atoms with van der Waals surface area (Å²) in [6.07, 6.45) is 1.50. The number of halogens is 2. The van der Waals surface area contributed by atoms with Crippen LogP contribution >= 0.6 is 23.2 Å². The smallest absolute Gasteiger partial charge is 0.345 e. The van der Waals surface area contributed by atoms with E-state index in [-0.39, 0.29) is 16.5 Å². The van der Waals surface area contributed by atoms with Gasteiger partial charge in [0, 0.05) is 10.6 Å². The van der Waals surface area contributed by atoms with Crippen LogP contribution in [0.5, 0.6) is 5.75 Å². The molecule has 0 aliphatic heterocycles. The van der Waals surface area contributed by atoms with Gasteiger partial charge in [-0.3, -0.25) is 4.79 Å². The zero-order chi connectivity index (χ0) is 22.5. The number of fused-ring (bicyclic) bond motifs is 1. The molecular weight excluding hydrogens is 447 g/mol. The molecule has 7 heteroatoms. The van der Waals surface area contributed by atoms with Gasteiger partial charge in [-0.25, -0.2) is 10.2 Å². The fourth-order valence-corrected chi connectivity index (χ4v) is 3.57. The van der Waals surface area contributed by atoms with Gasteiger partial charge in [0.05, 0.1) is 16.8 Å². The van der Waals surface area contributed by atoms with Gasteiger partial charge < -0.3 is 4.74 Å². The van der Waals surface area contributed by atoms with E-state index in [2.05, 4.69) is 10.5 Å². The molecule has 158 valence electrons. The third-order valence-corrected chi connectivity index (χ3v) is 5.20. The number of hydrogen-bond donors (Lipinski definition) is 1. The van der Waals surface area contributed by atoms with Gasteiger partial charge in [0.25, 0.3) is 5.91 Å². The van der Waals surface area contributed by atoms with Crippen molar-refractivity contribution in [3.8, 4) is 5.75 Å². The number of nitrogens with one attached hydrogen (secondary N) is 1. The summed E-state index contributed by atoms with van der Waals surface area (Å²) in [5, 5.41) is 6.51. The molecule has 4 aromatic carbocycles. The lowest BCUT2D eigenvalue weighted by atomic mass is 10.0. The van der Waals surface area contributed by atoms with Crippen LogP contribution in [0.15, 0.2) is 90.0 Å². The van der Waals surface area contributed by atoms with Crippen LogP contribution in [0.25, 0.3) is 10.8 Å². The SMILES string of the molecule is O=C(Oc1ccc(/C=N\NC(=O)c2cccc3ccccc23)cc1)c1ccc(Cl)cc1Cl. The number of carbonyl (C=O) groups is 2. The summed E-state index contributed by atoms with van der Waals surface area (Å²) in [5.41, 5.74) is 4.02. The number of benzene rings is 4. The highest BCUT2D eigenvalue weighted by molar-refractivity contribution is 6.36. The van der Waals surface area contributed by atoms with E-state index in [1.807, 2.05) is 36.4 Å². The Morgan fingerprint density at radius 3 is 2.38 bits per heavy atom. The summed E-state index contributed by atoms with van der Waals surface area (Å²) in [7, 11) is 0. The van der Waals surface area contributed by atoms with Gasteiger partial charge in [0.15, 0.2) is 0 Å². The van der Waals surface area contributed by atoms with Crippen molar-refractivity contribution in [3.05, 3.63) is 112 Å². The maximum atomic E-state index is 12.5. The number of ether oxygens (including phenoxy) is 1. The van der Waals surface area contributed by atoms with Gasteiger partial charge in [-0.1, -0.05) is 59.6 Å². The Balaban J connectivity index is 1.39. The second-order valence-electron chi connectivity index (χ2n) is 6.81. The highest BCUT2D eigenvalue weighted by atomic mass is 35.5. The molecule has 1 amide bonds. The first-order chi connectivity index (χ1) is 15.5. The number of esters is 1. The van der Waals surface area contributed by atoms with Crippen LogP contribution in [0.1, 0.15) is 26.3 Å². The zero-order valence-corrected chi connectivity index (χ0v) is 18.1. The maximum absolute atomic E-state index is 12.5. The van der Waals surface area contributed by atoms with E-state index in [1.165, 1.54) is 18.3 Å². The molecule has 0 unspecified atom stereocenters. The summed E-state index contributed by atoms with van der Waals surface area (Å²) in [6, 6.07) is 24.4. The fourth-order valence-electron chi connectivity index (χ4n) is 3.09. The molecule has 1 N–H and O–H groups in total. The number of rotatable bonds is 5. The third-order valence-electron chi connectivity index (χ3n) is 4.66. The zero-order valence-electron chi connectivity index (χ0n) is 16.6. The molecule has 0 atom stereocenters. The number of carbonyl (C=O) groups excluding carboxylic acids is 2. The van der Waals surface area contributed by atoms with Crippen molar-refractivity contribution in [1.29, 1.82) is 0 Å². The van der Waals surface area contributed by atoms with Crippen molar-refractivity contribution in [2.24, 2.45) is 5.10 Å². The van der Waals surface area contributed by atoms with Gasteiger partial charge in [0.2, 0.25) is 0 Å². The van der Waals surface area contributed by atoms with Crippen molar-refractivity contribution >= 4 is 52.1 Å². The molecule has 0 saturated heterocycles. The Hall–Kier alpha value is -3.67. The minimum atomic E-state index is -0.588. The van der Waals surface area contributed by atoms with Gasteiger partial charge >= 0.3 is 5.97 Å². The Bertz CT molecular complexity index is 1330. The Kier molecular flexibility index (Phi) is 6.50. The average Bonchev–Trinajstić information content (AvgIpc) is 2.79. The van der Waals surface area contributed by atoms with Crippen LogP contribution in [0.2, 0.25) is 10.0 Å². The molecule has 0 aliphatic carbocycles. The predicted octanol–water partition coefficient (Wildman–Crippen LogP) is 6.13. The molecule has 4 aromatic rings. The fraction of sp³-hybridized carbons (Fsp3) is 0. The summed E-state index contributed by atoms with van der Waals surface area (Å²) in [5.74, 6) is -0.545. The summed E-state index contributed by atoms with van der Waals surface area (Å²) in [4.78, 5) is 24.8. The van der Waals surface area contributed by atoms with E-state index in [1.54, 1.807) is 36.4 Å². The lowest BCUT2D eigenvalue weighted by molar-refractivity contribution is 0.0734. The van der Waals surface area contributed by atoms with E-state index in [0.29, 0.717) is 21.9 Å². The quantitative estimate of drug-likeness (QED) is 0.168. The number of amides is 1. The van der Waals surface area contributed by atoms with Crippen molar-refractivity contribution in [1.82, 2.24) is 5.43 Å². The number of hydrazone groups is 1. The molecule has 5 nitrogen and oxygen atoms in total. The number of nitrogens with zero attached hydrogens (tertiary/aromatic N) is 1. The van der Waals surface area contributed by atoms with Gasteiger partial charge in [-0.05, 0) is 64.9 Å². The Morgan fingerprint density at radius 2 is 1.59 bits per heavy atom. The van der Waals surface area contributed by atoms with E-state index in [4.69, 9.17) is 27.9 Å². The highest BCUT2D eigenvalue weighted by Gasteiger charge is 2.13. The molecule has 0 aliphatic rings. The van der Waals surface area contributed by atoms with Crippen LogP contribution in [0.3, 0.4) is 0 Å². The van der Waals surface area contributed by atoms with Crippen molar-refractivity contribution in [3.63, 3.8) is 0 Å². The second-order valence-corrected chi connectivity index (χ2v) is 7.65. The number of hydrogen-bond acceptors (Lipinski definition) is 4. The first kappa shape index (κ1) is 21.6. The van der Waals surface area contributed by atoms with E-state index < -0.39 is 5.97 Å². The minimum absolute atomic E-state index is 0.216. The lowest BCUT2D eigenvalue weighted by Crippen LogP contribution is -2.17. The van der Waals surface area contributed by atoms with E-state index in [0.717, 1.165) is 10.8 Å². The standard InChI is InChI=1S/C25H16Cl2N2O3/c26-18-10-13-22(23(27)14-18)25(31)32-19-11-8-16(9-12-19)15-28-29-24(30)21-7-3-5-17-4-1-2-6-20(17)21/h1-15H,(H,29,30)/b28-15-. The third kappa shape index (κ3) is 4.97. The minimum Gasteiger partial charge on any atom is -0.423 e. The summed E-state index contributed by atoms with van der Waals surface area (Å²) in [6.45, 7) is 0. The van der Waals surface area contributed by atoms with Crippen LogP contribution in [-0.2, 0) is 0 Å². The van der Waals surface area contributed by atoms with Gasteiger partial charge in [-0.2, -0.15) is 5.10 Å². The average molecular weight is 463 g/mol.